The number of benzene rings is 1. The minimum Gasteiger partial charge on any atom is -0.465 e. The minimum atomic E-state index is -0.344. The third-order valence-electron chi connectivity index (χ3n) is 2.97. The molecule has 0 amide bonds. The number of nitroso groups, excluding NO2 is 1. The molecule has 1 aliphatic carbocycles. The fourth-order valence-electron chi connectivity index (χ4n) is 2.14. The van der Waals surface area contributed by atoms with E-state index in [4.69, 9.17) is 0 Å². The van der Waals surface area contributed by atoms with E-state index < -0.39 is 0 Å². The molecule has 0 fully saturated rings. The smallest absolute Gasteiger partial charge is 0.337 e. The van der Waals surface area contributed by atoms with Gasteiger partial charge in [-0.2, -0.15) is 4.91 Å². The molecule has 0 heterocycles. The molecule has 4 nitrogen and oxygen atoms in total. The van der Waals surface area contributed by atoms with Gasteiger partial charge in [-0.15, -0.1) is 0 Å². The Bertz CT molecular complexity index is 428. The Labute approximate surface area is 93.6 Å². The summed E-state index contributed by atoms with van der Waals surface area (Å²) < 4.78 is 4.66. The van der Waals surface area contributed by atoms with Crippen LogP contribution in [0.25, 0.3) is 0 Å². The summed E-state index contributed by atoms with van der Waals surface area (Å²) in [6, 6.07) is 5.05. The first-order chi connectivity index (χ1) is 7.76. The second kappa shape index (κ2) is 4.43. The van der Waals surface area contributed by atoms with Gasteiger partial charge in [-0.25, -0.2) is 4.79 Å². The Morgan fingerprint density at radius 3 is 3.00 bits per heavy atom. The van der Waals surface area contributed by atoms with Crippen molar-refractivity contribution in [3.63, 3.8) is 0 Å². The Morgan fingerprint density at radius 2 is 2.31 bits per heavy atom. The quantitative estimate of drug-likeness (QED) is 0.567. The van der Waals surface area contributed by atoms with Gasteiger partial charge in [-0.1, -0.05) is 11.2 Å². The summed E-state index contributed by atoms with van der Waals surface area (Å²) in [6.07, 6.45) is 2.63. The SMILES string of the molecule is COC(=O)c1ccc2c(c1)CCCC2N=O. The molecule has 0 spiro atoms. The topological polar surface area (TPSA) is 55.7 Å². The van der Waals surface area contributed by atoms with Crippen LogP contribution in [-0.2, 0) is 11.2 Å². The molecular formula is C12H13NO3. The van der Waals surface area contributed by atoms with Crippen LogP contribution in [0.1, 0.15) is 40.4 Å². The van der Waals surface area contributed by atoms with Gasteiger partial charge in [0, 0.05) is 0 Å². The summed E-state index contributed by atoms with van der Waals surface area (Å²) in [5.74, 6) is -0.344. The highest BCUT2D eigenvalue weighted by atomic mass is 16.5. The summed E-state index contributed by atoms with van der Waals surface area (Å²) >= 11 is 0. The molecule has 0 saturated heterocycles. The van der Waals surface area contributed by atoms with Crippen molar-refractivity contribution in [1.29, 1.82) is 0 Å². The van der Waals surface area contributed by atoms with Gasteiger partial charge in [-0.05, 0) is 42.5 Å². The maximum atomic E-state index is 11.3. The lowest BCUT2D eigenvalue weighted by atomic mass is 9.87. The van der Waals surface area contributed by atoms with Gasteiger partial charge < -0.3 is 4.74 Å². The van der Waals surface area contributed by atoms with Gasteiger partial charge in [0.2, 0.25) is 0 Å². The highest BCUT2D eigenvalue weighted by Crippen LogP contribution is 2.32. The van der Waals surface area contributed by atoms with E-state index >= 15 is 0 Å². The first-order valence-electron chi connectivity index (χ1n) is 5.30. The molecule has 4 heteroatoms. The van der Waals surface area contributed by atoms with Crippen LogP contribution in [0.2, 0.25) is 0 Å². The maximum Gasteiger partial charge on any atom is 0.337 e. The van der Waals surface area contributed by atoms with E-state index in [9.17, 15) is 9.70 Å². The molecule has 0 N–H and O–H groups in total. The number of hydrogen-bond acceptors (Lipinski definition) is 4. The molecule has 1 aromatic rings. The lowest BCUT2D eigenvalue weighted by molar-refractivity contribution is 0.0600. The zero-order chi connectivity index (χ0) is 11.5. The van der Waals surface area contributed by atoms with Crippen molar-refractivity contribution in [3.05, 3.63) is 39.8 Å². The molecule has 84 valence electrons. The summed E-state index contributed by atoms with van der Waals surface area (Å²) in [5, 5.41) is 3.12. The molecule has 1 unspecified atom stereocenters. The van der Waals surface area contributed by atoms with Crippen LogP contribution in [-0.4, -0.2) is 13.1 Å². The fourth-order valence-corrected chi connectivity index (χ4v) is 2.14. The van der Waals surface area contributed by atoms with E-state index in [0.717, 1.165) is 30.4 Å². The number of carbonyl (C=O) groups is 1. The molecular weight excluding hydrogens is 206 g/mol. The number of aryl methyl sites for hydroxylation is 1. The van der Waals surface area contributed by atoms with Crippen LogP contribution in [0.5, 0.6) is 0 Å². The van der Waals surface area contributed by atoms with Gasteiger partial charge in [-0.3, -0.25) is 0 Å². The van der Waals surface area contributed by atoms with Crippen LogP contribution >= 0.6 is 0 Å². The summed E-state index contributed by atoms with van der Waals surface area (Å²) in [4.78, 5) is 22.0. The van der Waals surface area contributed by atoms with Crippen LogP contribution in [0.3, 0.4) is 0 Å². The van der Waals surface area contributed by atoms with E-state index in [1.807, 2.05) is 6.07 Å². The average Bonchev–Trinajstić information content (AvgIpc) is 2.36. The second-order valence-corrected chi connectivity index (χ2v) is 3.92. The van der Waals surface area contributed by atoms with Crippen molar-refractivity contribution in [2.75, 3.05) is 7.11 Å². The van der Waals surface area contributed by atoms with Crippen molar-refractivity contribution in [3.8, 4) is 0 Å². The number of nitrogens with zero attached hydrogens (tertiary/aromatic N) is 1. The van der Waals surface area contributed by atoms with Gasteiger partial charge in [0.15, 0.2) is 0 Å². The normalized spacial score (nSPS) is 18.7. The molecule has 1 aromatic carbocycles. The van der Waals surface area contributed by atoms with Gasteiger partial charge in [0.05, 0.1) is 12.7 Å². The van der Waals surface area contributed by atoms with Crippen molar-refractivity contribution >= 4 is 5.97 Å². The largest absolute Gasteiger partial charge is 0.465 e. The molecule has 2 rings (SSSR count). The molecule has 0 bridgehead atoms. The Morgan fingerprint density at radius 1 is 1.50 bits per heavy atom. The fraction of sp³-hybridized carbons (Fsp3) is 0.417. The number of hydrogen-bond donors (Lipinski definition) is 0. The Hall–Kier alpha value is -1.71. The summed E-state index contributed by atoms with van der Waals surface area (Å²) in [7, 11) is 1.36. The molecule has 0 aromatic heterocycles. The highest BCUT2D eigenvalue weighted by molar-refractivity contribution is 5.89. The molecule has 1 aliphatic rings. The third kappa shape index (κ3) is 1.83. The first kappa shape index (κ1) is 10.8. The zero-order valence-electron chi connectivity index (χ0n) is 9.10. The predicted molar refractivity (Wildman–Crippen MR) is 59.3 cm³/mol. The summed E-state index contributed by atoms with van der Waals surface area (Å²) in [5.41, 5.74) is 2.53. The van der Waals surface area contributed by atoms with E-state index in [1.54, 1.807) is 12.1 Å². The molecule has 1 atom stereocenters. The van der Waals surface area contributed by atoms with Gasteiger partial charge in [0.1, 0.15) is 6.04 Å². The van der Waals surface area contributed by atoms with E-state index in [-0.39, 0.29) is 12.0 Å². The van der Waals surface area contributed by atoms with Crippen LogP contribution in [0, 0.1) is 4.91 Å². The van der Waals surface area contributed by atoms with E-state index in [1.165, 1.54) is 7.11 Å². The van der Waals surface area contributed by atoms with Crippen LogP contribution < -0.4 is 0 Å². The zero-order valence-corrected chi connectivity index (χ0v) is 9.10. The van der Waals surface area contributed by atoms with E-state index in [2.05, 4.69) is 9.91 Å². The molecule has 0 saturated carbocycles. The van der Waals surface area contributed by atoms with Gasteiger partial charge >= 0.3 is 5.97 Å². The average molecular weight is 219 g/mol. The number of methoxy groups -OCH3 is 1. The van der Waals surface area contributed by atoms with Crippen molar-refractivity contribution in [2.24, 2.45) is 5.18 Å². The van der Waals surface area contributed by atoms with Crippen LogP contribution in [0.15, 0.2) is 23.4 Å². The number of carbonyl (C=O) groups excluding carboxylic acids is 1. The summed E-state index contributed by atoms with van der Waals surface area (Å²) in [6.45, 7) is 0. The lowest BCUT2D eigenvalue weighted by Gasteiger charge is -2.20. The minimum absolute atomic E-state index is 0.254. The van der Waals surface area contributed by atoms with Crippen molar-refractivity contribution < 1.29 is 9.53 Å². The highest BCUT2D eigenvalue weighted by Gasteiger charge is 2.21. The molecule has 0 radical (unpaired) electrons. The number of rotatable bonds is 2. The second-order valence-electron chi connectivity index (χ2n) is 3.92. The monoisotopic (exact) mass is 219 g/mol. The predicted octanol–water partition coefficient (Wildman–Crippen LogP) is 2.62. The Kier molecular flexibility index (Phi) is 2.99. The molecule has 0 aliphatic heterocycles. The molecule has 16 heavy (non-hydrogen) atoms. The van der Waals surface area contributed by atoms with Crippen molar-refractivity contribution in [1.82, 2.24) is 0 Å². The van der Waals surface area contributed by atoms with Crippen molar-refractivity contribution in [2.45, 2.75) is 25.3 Å². The van der Waals surface area contributed by atoms with Gasteiger partial charge in [0.25, 0.3) is 0 Å². The van der Waals surface area contributed by atoms with Crippen LogP contribution in [0.4, 0.5) is 0 Å². The maximum absolute atomic E-state index is 11.3. The number of fused-ring (bicyclic) bond motifs is 1. The lowest BCUT2D eigenvalue weighted by Crippen LogP contribution is -2.10. The van der Waals surface area contributed by atoms with E-state index in [0.29, 0.717) is 5.56 Å². The Balaban J connectivity index is 2.38. The third-order valence-corrected chi connectivity index (χ3v) is 2.97. The first-order valence-corrected chi connectivity index (χ1v) is 5.30. The number of ether oxygens (including phenoxy) is 1. The number of esters is 1. The standard InChI is InChI=1S/C12H13NO3/c1-16-12(14)9-5-6-10-8(7-9)3-2-4-11(10)13-15/h5-7,11H,2-4H2,1H3.